The number of aromatic nitrogens is 2. The van der Waals surface area contributed by atoms with Crippen molar-refractivity contribution in [1.82, 2.24) is 15.3 Å². The van der Waals surface area contributed by atoms with Crippen LogP contribution < -0.4 is 15.5 Å². The second kappa shape index (κ2) is 12.5. The summed E-state index contributed by atoms with van der Waals surface area (Å²) < 4.78 is 42.2. The molecule has 14 heteroatoms. The minimum Gasteiger partial charge on any atom is -0.353 e. The number of nitrogens with one attached hydrogen (secondary N) is 2. The maximum absolute atomic E-state index is 14.6. The summed E-state index contributed by atoms with van der Waals surface area (Å²) in [6.45, 7) is 0. The van der Waals surface area contributed by atoms with Crippen molar-refractivity contribution >= 4 is 41.0 Å². The van der Waals surface area contributed by atoms with E-state index < -0.39 is 59.8 Å². The number of anilines is 2. The van der Waals surface area contributed by atoms with E-state index in [1.807, 2.05) is 6.07 Å². The molecular formula is C31H25ClF3N7O3. The molecule has 1 aromatic heterocycles. The third-order valence-corrected chi connectivity index (χ3v) is 8.37. The van der Waals surface area contributed by atoms with Gasteiger partial charge in [0.2, 0.25) is 23.7 Å². The van der Waals surface area contributed by atoms with Crippen LogP contribution in [-0.2, 0) is 14.4 Å². The van der Waals surface area contributed by atoms with Crippen LogP contribution in [0, 0.1) is 28.5 Å². The Morgan fingerprint density at radius 1 is 1.07 bits per heavy atom. The van der Waals surface area contributed by atoms with E-state index in [-0.39, 0.29) is 59.2 Å². The summed E-state index contributed by atoms with van der Waals surface area (Å²) in [6, 6.07) is 13.6. The Kier molecular flexibility index (Phi) is 8.75. The molecule has 1 aliphatic heterocycles. The quantitative estimate of drug-likeness (QED) is 0.371. The van der Waals surface area contributed by atoms with Crippen LogP contribution in [0.25, 0.3) is 0 Å². The molecule has 5 rings (SSSR count). The van der Waals surface area contributed by atoms with Gasteiger partial charge < -0.3 is 10.6 Å². The predicted octanol–water partition coefficient (Wildman–Crippen LogP) is 4.99. The molecule has 0 bridgehead atoms. The topological polar surface area (TPSA) is 152 Å². The minimum absolute atomic E-state index is 0.0244. The molecule has 2 aromatic carbocycles. The molecule has 1 unspecified atom stereocenters. The van der Waals surface area contributed by atoms with Crippen LogP contribution in [0.1, 0.15) is 61.3 Å². The van der Waals surface area contributed by atoms with E-state index in [1.165, 1.54) is 30.5 Å². The van der Waals surface area contributed by atoms with Crippen molar-refractivity contribution in [2.45, 2.75) is 61.9 Å². The van der Waals surface area contributed by atoms with Gasteiger partial charge in [-0.05, 0) is 55.2 Å². The van der Waals surface area contributed by atoms with E-state index in [2.05, 4.69) is 20.6 Å². The van der Waals surface area contributed by atoms with Gasteiger partial charge in [0.15, 0.2) is 0 Å². The molecule has 2 fully saturated rings. The predicted molar refractivity (Wildman–Crippen MR) is 155 cm³/mol. The number of amides is 3. The summed E-state index contributed by atoms with van der Waals surface area (Å²) in [6.07, 6.45) is -0.254. The number of alkyl halides is 2. The second-order valence-electron chi connectivity index (χ2n) is 10.9. The van der Waals surface area contributed by atoms with Gasteiger partial charge in [-0.2, -0.15) is 10.5 Å². The number of carbonyl (C=O) groups is 3. The van der Waals surface area contributed by atoms with Crippen LogP contribution in [0.15, 0.2) is 54.7 Å². The van der Waals surface area contributed by atoms with Gasteiger partial charge in [-0.25, -0.2) is 23.1 Å². The lowest BCUT2D eigenvalue weighted by molar-refractivity contribution is -0.132. The normalized spacial score (nSPS) is 20.1. The van der Waals surface area contributed by atoms with E-state index in [0.29, 0.717) is 0 Å². The lowest BCUT2D eigenvalue weighted by Gasteiger charge is -2.42. The van der Waals surface area contributed by atoms with Gasteiger partial charge in [0.05, 0.1) is 17.6 Å². The highest BCUT2D eigenvalue weighted by Gasteiger charge is 2.61. The molecule has 3 aromatic rings. The molecule has 230 valence electrons. The molecule has 1 saturated heterocycles. The molecule has 45 heavy (non-hydrogen) atoms. The van der Waals surface area contributed by atoms with Crippen molar-refractivity contribution < 1.29 is 27.6 Å². The highest BCUT2D eigenvalue weighted by molar-refractivity contribution is 6.32. The van der Waals surface area contributed by atoms with Crippen LogP contribution in [0.3, 0.4) is 0 Å². The standard InChI is InChI=1S/C31H25ClF3N7O3/c32-24-4-2-1-3-23(24)26(27(44)39-20-5-9-30(34,35)10-6-20)31(28(45)40-22-14-18(16-36)13-19(33)15-22)11-7-25(43)42(31)29-38-12-8-21(17-37)41-29/h1-4,8,12-15,20,26H,5-7,9-11H2,(H,39,44)(H,40,45)/t26-,31?/m1/s1. The summed E-state index contributed by atoms with van der Waals surface area (Å²) in [5, 5.41) is 24.3. The van der Waals surface area contributed by atoms with Crippen molar-refractivity contribution in [3.8, 4) is 12.1 Å². The van der Waals surface area contributed by atoms with E-state index in [4.69, 9.17) is 11.6 Å². The van der Waals surface area contributed by atoms with Gasteiger partial charge in [-0.15, -0.1) is 0 Å². The molecule has 2 aliphatic rings. The van der Waals surface area contributed by atoms with Gasteiger partial charge in [-0.3, -0.25) is 19.3 Å². The zero-order valence-electron chi connectivity index (χ0n) is 23.6. The first-order valence-corrected chi connectivity index (χ1v) is 14.4. The Hall–Kier alpha value is -5.01. The smallest absolute Gasteiger partial charge is 0.252 e. The lowest BCUT2D eigenvalue weighted by Crippen LogP contribution is -2.62. The molecule has 2 atom stereocenters. The molecular weight excluding hydrogens is 611 g/mol. The highest BCUT2D eigenvalue weighted by Crippen LogP contribution is 2.47. The number of carbonyl (C=O) groups excluding carboxylic acids is 3. The fraction of sp³-hybridized carbons (Fsp3) is 0.323. The first-order chi connectivity index (χ1) is 21.5. The fourth-order valence-electron chi connectivity index (χ4n) is 5.93. The summed E-state index contributed by atoms with van der Waals surface area (Å²) in [4.78, 5) is 51.8. The summed E-state index contributed by atoms with van der Waals surface area (Å²) in [5.41, 5.74) is -2.37. The number of benzene rings is 2. The van der Waals surface area contributed by atoms with Crippen molar-refractivity contribution in [1.29, 1.82) is 10.5 Å². The van der Waals surface area contributed by atoms with E-state index in [0.717, 1.165) is 17.0 Å². The van der Waals surface area contributed by atoms with Crippen molar-refractivity contribution in [2.24, 2.45) is 0 Å². The zero-order valence-corrected chi connectivity index (χ0v) is 24.3. The maximum atomic E-state index is 14.6. The average Bonchev–Trinajstić information content (AvgIpc) is 3.36. The molecule has 0 spiro atoms. The fourth-order valence-corrected chi connectivity index (χ4v) is 6.18. The number of nitriles is 2. The van der Waals surface area contributed by atoms with Crippen LogP contribution in [-0.4, -0.2) is 45.2 Å². The molecule has 3 amide bonds. The van der Waals surface area contributed by atoms with Crippen LogP contribution >= 0.6 is 11.6 Å². The summed E-state index contributed by atoms with van der Waals surface area (Å²) >= 11 is 6.61. The first-order valence-electron chi connectivity index (χ1n) is 14.0. The molecule has 0 radical (unpaired) electrons. The zero-order chi connectivity index (χ0) is 32.4. The maximum Gasteiger partial charge on any atom is 0.252 e. The second-order valence-corrected chi connectivity index (χ2v) is 11.3. The van der Waals surface area contributed by atoms with Crippen molar-refractivity contribution in [2.75, 3.05) is 10.2 Å². The lowest BCUT2D eigenvalue weighted by atomic mass is 9.75. The first kappa shape index (κ1) is 31.4. The Balaban J connectivity index is 1.69. The summed E-state index contributed by atoms with van der Waals surface area (Å²) in [7, 11) is 0. The van der Waals surface area contributed by atoms with Crippen LogP contribution in [0.2, 0.25) is 5.02 Å². The number of hydrogen-bond acceptors (Lipinski definition) is 7. The Bertz CT molecular complexity index is 1750. The largest absolute Gasteiger partial charge is 0.353 e. The van der Waals surface area contributed by atoms with Gasteiger partial charge in [0, 0.05) is 42.2 Å². The molecule has 1 aliphatic carbocycles. The Morgan fingerprint density at radius 3 is 2.49 bits per heavy atom. The average molecular weight is 636 g/mol. The number of halogens is 4. The Labute approximate surface area is 260 Å². The van der Waals surface area contributed by atoms with Crippen molar-refractivity contribution in [3.05, 3.63) is 82.4 Å². The third-order valence-electron chi connectivity index (χ3n) is 8.02. The molecule has 1 saturated carbocycles. The van der Waals surface area contributed by atoms with Crippen LogP contribution in [0.4, 0.5) is 24.8 Å². The Morgan fingerprint density at radius 2 is 1.80 bits per heavy atom. The molecule has 2 N–H and O–H groups in total. The molecule has 10 nitrogen and oxygen atoms in total. The SMILES string of the molecule is N#Cc1cc(F)cc(NC(=O)C2([C@@H](C(=O)NC3CCC(F)(F)CC3)c3ccccc3Cl)CCC(=O)N2c2nccc(C#N)n2)c1. The number of hydrogen-bond donors (Lipinski definition) is 2. The highest BCUT2D eigenvalue weighted by atomic mass is 35.5. The minimum atomic E-state index is -2.87. The molecule has 2 heterocycles. The van der Waals surface area contributed by atoms with Crippen molar-refractivity contribution in [3.63, 3.8) is 0 Å². The van der Waals surface area contributed by atoms with Gasteiger partial charge in [0.1, 0.15) is 23.1 Å². The van der Waals surface area contributed by atoms with E-state index >= 15 is 0 Å². The number of rotatable bonds is 7. The van der Waals surface area contributed by atoms with Crippen LogP contribution in [0.5, 0.6) is 0 Å². The van der Waals surface area contributed by atoms with Gasteiger partial charge in [-0.1, -0.05) is 29.8 Å². The van der Waals surface area contributed by atoms with E-state index in [1.54, 1.807) is 18.2 Å². The third kappa shape index (κ3) is 6.30. The van der Waals surface area contributed by atoms with Gasteiger partial charge in [0.25, 0.3) is 5.91 Å². The van der Waals surface area contributed by atoms with Gasteiger partial charge >= 0.3 is 0 Å². The van der Waals surface area contributed by atoms with E-state index in [9.17, 15) is 38.1 Å². The monoisotopic (exact) mass is 635 g/mol. The number of nitrogens with zero attached hydrogens (tertiary/aromatic N) is 5. The summed E-state index contributed by atoms with van der Waals surface area (Å²) in [5.74, 6) is -7.97.